The largest absolute Gasteiger partial charge is 0.392 e. The number of hydrogen-bond donors (Lipinski definition) is 1. The van der Waals surface area contributed by atoms with Crippen molar-refractivity contribution in [2.75, 3.05) is 0 Å². The number of allylic oxidation sites excluding steroid dienone is 4. The normalized spacial score (nSPS) is 30.6. The van der Waals surface area contributed by atoms with E-state index in [4.69, 9.17) is 0 Å². The number of rotatable bonds is 5. The molecule has 0 aromatic heterocycles. The molecule has 0 saturated heterocycles. The van der Waals surface area contributed by atoms with E-state index in [1.807, 2.05) is 0 Å². The predicted octanol–water partition coefficient (Wildman–Crippen LogP) is 4.25. The zero-order valence-electron chi connectivity index (χ0n) is 11.9. The molecule has 1 saturated carbocycles. The Bertz CT molecular complexity index is 384. The Balaban J connectivity index is 1.85. The van der Waals surface area contributed by atoms with Gasteiger partial charge in [-0.25, -0.2) is 0 Å². The molecule has 100 valence electrons. The summed E-state index contributed by atoms with van der Waals surface area (Å²) in [5.41, 5.74) is 3.93. The first-order chi connectivity index (χ1) is 8.47. The standard InChI is InChI=1S/C17H26O/c1-11(2)13(4)7-12(3)8-17(18)16-10-14-5-6-15(16)9-14/h5-6,14-18H,3,7-10H2,1-2,4H3/t14-,15+,16+,17?/m0/s1. The average Bonchev–Trinajstić information content (AvgIpc) is 2.89. The lowest BCUT2D eigenvalue weighted by molar-refractivity contribution is 0.0932. The highest BCUT2D eigenvalue weighted by Gasteiger charge is 2.39. The Morgan fingerprint density at radius 2 is 2.00 bits per heavy atom. The van der Waals surface area contributed by atoms with E-state index in [0.29, 0.717) is 11.8 Å². The molecule has 0 heterocycles. The zero-order valence-corrected chi connectivity index (χ0v) is 11.9. The van der Waals surface area contributed by atoms with E-state index < -0.39 is 0 Å². The van der Waals surface area contributed by atoms with Crippen molar-refractivity contribution in [3.05, 3.63) is 35.5 Å². The highest BCUT2D eigenvalue weighted by Crippen LogP contribution is 2.45. The molecule has 4 atom stereocenters. The van der Waals surface area contributed by atoms with Gasteiger partial charge in [0.15, 0.2) is 0 Å². The van der Waals surface area contributed by atoms with Crippen LogP contribution in [0, 0.1) is 17.8 Å². The Morgan fingerprint density at radius 3 is 2.50 bits per heavy atom. The second-order valence-electron chi connectivity index (χ2n) is 6.42. The van der Waals surface area contributed by atoms with Gasteiger partial charge in [-0.2, -0.15) is 0 Å². The molecule has 0 aromatic carbocycles. The van der Waals surface area contributed by atoms with Crippen molar-refractivity contribution in [2.24, 2.45) is 17.8 Å². The fourth-order valence-corrected chi connectivity index (χ4v) is 3.34. The minimum absolute atomic E-state index is 0.192. The van der Waals surface area contributed by atoms with E-state index in [2.05, 4.69) is 39.5 Å². The smallest absolute Gasteiger partial charge is 0.0611 e. The lowest BCUT2D eigenvalue weighted by atomic mass is 9.85. The van der Waals surface area contributed by atoms with E-state index in [1.165, 1.54) is 29.6 Å². The Kier molecular flexibility index (Phi) is 4.11. The first kappa shape index (κ1) is 13.6. The number of aliphatic hydroxyl groups excluding tert-OH is 1. The van der Waals surface area contributed by atoms with E-state index in [0.717, 1.165) is 18.8 Å². The van der Waals surface area contributed by atoms with E-state index >= 15 is 0 Å². The molecule has 2 rings (SSSR count). The van der Waals surface area contributed by atoms with Gasteiger partial charge in [-0.15, -0.1) is 0 Å². The minimum atomic E-state index is -0.192. The molecule has 1 heteroatoms. The lowest BCUT2D eigenvalue weighted by Gasteiger charge is -2.25. The molecule has 0 spiro atoms. The first-order valence-corrected chi connectivity index (χ1v) is 7.13. The van der Waals surface area contributed by atoms with Crippen molar-refractivity contribution in [2.45, 2.75) is 52.6 Å². The molecule has 18 heavy (non-hydrogen) atoms. The fourth-order valence-electron chi connectivity index (χ4n) is 3.34. The van der Waals surface area contributed by atoms with Gasteiger partial charge >= 0.3 is 0 Å². The molecule has 2 bridgehead atoms. The van der Waals surface area contributed by atoms with Crippen molar-refractivity contribution in [1.82, 2.24) is 0 Å². The van der Waals surface area contributed by atoms with Crippen molar-refractivity contribution in [3.63, 3.8) is 0 Å². The average molecular weight is 246 g/mol. The third-order valence-corrected chi connectivity index (χ3v) is 4.69. The Labute approximate surface area is 111 Å². The van der Waals surface area contributed by atoms with Gasteiger partial charge < -0.3 is 5.11 Å². The summed E-state index contributed by atoms with van der Waals surface area (Å²) in [4.78, 5) is 0. The molecule has 1 nitrogen and oxygen atoms in total. The van der Waals surface area contributed by atoms with Crippen LogP contribution in [-0.4, -0.2) is 11.2 Å². The maximum absolute atomic E-state index is 10.4. The van der Waals surface area contributed by atoms with Crippen molar-refractivity contribution in [1.29, 1.82) is 0 Å². The van der Waals surface area contributed by atoms with Crippen molar-refractivity contribution >= 4 is 0 Å². The first-order valence-electron chi connectivity index (χ1n) is 7.13. The van der Waals surface area contributed by atoms with Crippen LogP contribution >= 0.6 is 0 Å². The second-order valence-corrected chi connectivity index (χ2v) is 6.42. The molecule has 1 fully saturated rings. The van der Waals surface area contributed by atoms with Gasteiger partial charge in [0.25, 0.3) is 0 Å². The SMILES string of the molecule is C=C(CC(C)=C(C)C)CC(O)[C@@H]1C[C@H]2C=C[C@@H]1C2. The molecule has 0 amide bonds. The summed E-state index contributed by atoms with van der Waals surface area (Å²) < 4.78 is 0. The van der Waals surface area contributed by atoms with Crippen LogP contribution < -0.4 is 0 Å². The molecule has 0 aliphatic heterocycles. The third kappa shape index (κ3) is 2.95. The fraction of sp³-hybridized carbons (Fsp3) is 0.647. The quantitative estimate of drug-likeness (QED) is 0.719. The van der Waals surface area contributed by atoms with Crippen LogP contribution in [0.5, 0.6) is 0 Å². The summed E-state index contributed by atoms with van der Waals surface area (Å²) in [6, 6.07) is 0. The van der Waals surface area contributed by atoms with Gasteiger partial charge in [0.2, 0.25) is 0 Å². The summed E-state index contributed by atoms with van der Waals surface area (Å²) in [6.07, 6.45) is 8.60. The Hall–Kier alpha value is -0.820. The second kappa shape index (κ2) is 5.44. The van der Waals surface area contributed by atoms with E-state index in [-0.39, 0.29) is 6.10 Å². The van der Waals surface area contributed by atoms with Crippen LogP contribution in [0.4, 0.5) is 0 Å². The van der Waals surface area contributed by atoms with Gasteiger partial charge in [-0.3, -0.25) is 0 Å². The molecule has 1 N–H and O–H groups in total. The highest BCUT2D eigenvalue weighted by atomic mass is 16.3. The van der Waals surface area contributed by atoms with Gasteiger partial charge in [-0.1, -0.05) is 35.5 Å². The third-order valence-electron chi connectivity index (χ3n) is 4.69. The van der Waals surface area contributed by atoms with Crippen LogP contribution in [0.2, 0.25) is 0 Å². The highest BCUT2D eigenvalue weighted by molar-refractivity contribution is 5.17. The molecule has 2 aliphatic carbocycles. The summed E-state index contributed by atoms with van der Waals surface area (Å²) in [6.45, 7) is 10.6. The molecule has 0 radical (unpaired) electrons. The maximum Gasteiger partial charge on any atom is 0.0611 e. The summed E-state index contributed by atoms with van der Waals surface area (Å²) in [5.74, 6) is 1.84. The lowest BCUT2D eigenvalue weighted by Crippen LogP contribution is -2.24. The molecular weight excluding hydrogens is 220 g/mol. The van der Waals surface area contributed by atoms with Crippen LogP contribution in [-0.2, 0) is 0 Å². The van der Waals surface area contributed by atoms with Gasteiger partial charge in [0.05, 0.1) is 6.10 Å². The van der Waals surface area contributed by atoms with Gasteiger partial charge in [0.1, 0.15) is 0 Å². The zero-order chi connectivity index (χ0) is 13.3. The van der Waals surface area contributed by atoms with E-state index in [1.54, 1.807) is 0 Å². The van der Waals surface area contributed by atoms with Crippen LogP contribution in [0.3, 0.4) is 0 Å². The molecule has 2 aliphatic rings. The monoisotopic (exact) mass is 246 g/mol. The maximum atomic E-state index is 10.4. The van der Waals surface area contributed by atoms with Crippen molar-refractivity contribution in [3.8, 4) is 0 Å². The number of aliphatic hydroxyl groups is 1. The van der Waals surface area contributed by atoms with Crippen LogP contribution in [0.15, 0.2) is 35.5 Å². The predicted molar refractivity (Wildman–Crippen MR) is 77.3 cm³/mol. The minimum Gasteiger partial charge on any atom is -0.392 e. The van der Waals surface area contributed by atoms with Crippen molar-refractivity contribution < 1.29 is 5.11 Å². The molecule has 0 aromatic rings. The molecular formula is C17H26O. The summed E-state index contributed by atoms with van der Waals surface area (Å²) in [7, 11) is 0. The van der Waals surface area contributed by atoms with Gasteiger partial charge in [0, 0.05) is 0 Å². The van der Waals surface area contributed by atoms with Gasteiger partial charge in [-0.05, 0) is 64.2 Å². The summed E-state index contributed by atoms with van der Waals surface area (Å²) in [5, 5.41) is 10.4. The summed E-state index contributed by atoms with van der Waals surface area (Å²) >= 11 is 0. The van der Waals surface area contributed by atoms with Crippen LogP contribution in [0.1, 0.15) is 46.5 Å². The topological polar surface area (TPSA) is 20.2 Å². The van der Waals surface area contributed by atoms with Crippen LogP contribution in [0.25, 0.3) is 0 Å². The number of fused-ring (bicyclic) bond motifs is 2. The Morgan fingerprint density at radius 1 is 1.28 bits per heavy atom. The van der Waals surface area contributed by atoms with E-state index in [9.17, 15) is 5.11 Å². The number of hydrogen-bond acceptors (Lipinski definition) is 1. The molecule has 1 unspecified atom stereocenters.